The number of halogens is 3. The molecule has 0 aliphatic heterocycles. The summed E-state index contributed by atoms with van der Waals surface area (Å²) in [4.78, 5) is 23.5. The number of hydrogen-bond acceptors (Lipinski definition) is 4. The van der Waals surface area contributed by atoms with Crippen molar-refractivity contribution in [3.8, 4) is 5.75 Å². The summed E-state index contributed by atoms with van der Waals surface area (Å²) in [6.07, 6.45) is 2.36. The third-order valence-corrected chi connectivity index (χ3v) is 3.74. The van der Waals surface area contributed by atoms with Gasteiger partial charge in [-0.25, -0.2) is 18.0 Å². The fourth-order valence-corrected chi connectivity index (χ4v) is 2.35. The number of ether oxygens (including phenoxy) is 2. The number of nitrogens with one attached hydrogen (secondary N) is 1. The van der Waals surface area contributed by atoms with Crippen LogP contribution in [0, 0.1) is 17.5 Å². The topological polar surface area (TPSA) is 64.6 Å². The number of carbonyl (C=O) groups excluding carboxylic acids is 2. The summed E-state index contributed by atoms with van der Waals surface area (Å²) in [5, 5.41) is 2.44. The molecule has 5 nitrogen and oxygen atoms in total. The van der Waals surface area contributed by atoms with E-state index in [9.17, 15) is 22.8 Å². The van der Waals surface area contributed by atoms with Crippen LogP contribution in [-0.2, 0) is 14.3 Å². The van der Waals surface area contributed by atoms with Crippen molar-refractivity contribution in [2.45, 2.75) is 13.0 Å². The molecule has 0 saturated heterocycles. The van der Waals surface area contributed by atoms with Crippen LogP contribution in [0.15, 0.2) is 42.5 Å². The van der Waals surface area contributed by atoms with Gasteiger partial charge in [-0.3, -0.25) is 4.79 Å². The molecular weight excluding hydrogens is 375 g/mol. The minimum absolute atomic E-state index is 0.0723. The van der Waals surface area contributed by atoms with E-state index in [1.54, 1.807) is 0 Å². The predicted octanol–water partition coefficient (Wildman–Crippen LogP) is 3.55. The van der Waals surface area contributed by atoms with Crippen molar-refractivity contribution in [3.05, 3.63) is 71.1 Å². The zero-order chi connectivity index (χ0) is 20.7. The first kappa shape index (κ1) is 21.0. The normalized spacial score (nSPS) is 11.9. The van der Waals surface area contributed by atoms with Crippen LogP contribution in [0.25, 0.3) is 6.08 Å². The van der Waals surface area contributed by atoms with Crippen molar-refractivity contribution >= 4 is 18.0 Å². The van der Waals surface area contributed by atoms with Crippen LogP contribution in [0.3, 0.4) is 0 Å². The van der Waals surface area contributed by atoms with E-state index in [1.807, 2.05) is 0 Å². The zero-order valence-electron chi connectivity index (χ0n) is 15.2. The van der Waals surface area contributed by atoms with Gasteiger partial charge in [-0.15, -0.1) is 0 Å². The number of benzene rings is 2. The van der Waals surface area contributed by atoms with E-state index in [1.165, 1.54) is 44.4 Å². The van der Waals surface area contributed by atoms with Crippen LogP contribution < -0.4 is 10.1 Å². The second-order valence-electron chi connectivity index (χ2n) is 5.79. The Bertz CT molecular complexity index is 899. The largest absolute Gasteiger partial charge is 0.494 e. The monoisotopic (exact) mass is 393 g/mol. The molecule has 1 atom stereocenters. The third kappa shape index (κ3) is 5.87. The molecule has 0 aliphatic carbocycles. The first-order chi connectivity index (χ1) is 13.3. The first-order valence-electron chi connectivity index (χ1n) is 8.23. The molecule has 148 valence electrons. The van der Waals surface area contributed by atoms with Gasteiger partial charge in [-0.2, -0.15) is 0 Å². The van der Waals surface area contributed by atoms with Crippen LogP contribution in [0.1, 0.15) is 24.1 Å². The Morgan fingerprint density at radius 2 is 1.86 bits per heavy atom. The lowest BCUT2D eigenvalue weighted by Gasteiger charge is -2.15. The summed E-state index contributed by atoms with van der Waals surface area (Å²) in [6.45, 7) is 0.918. The Morgan fingerprint density at radius 1 is 1.11 bits per heavy atom. The maximum absolute atomic E-state index is 13.7. The van der Waals surface area contributed by atoms with Gasteiger partial charge in [0.25, 0.3) is 5.91 Å². The summed E-state index contributed by atoms with van der Waals surface area (Å²) >= 11 is 0. The number of carbonyl (C=O) groups is 2. The molecule has 0 saturated carbocycles. The van der Waals surface area contributed by atoms with Gasteiger partial charge in [0.05, 0.1) is 13.2 Å². The fraction of sp³-hybridized carbons (Fsp3) is 0.200. The Hall–Kier alpha value is -3.29. The molecule has 0 aliphatic rings. The Balaban J connectivity index is 1.84. The van der Waals surface area contributed by atoms with Crippen LogP contribution in [-0.4, -0.2) is 25.6 Å². The molecule has 2 aromatic carbocycles. The van der Waals surface area contributed by atoms with E-state index in [0.717, 1.165) is 12.1 Å². The molecule has 1 N–H and O–H groups in total. The molecule has 28 heavy (non-hydrogen) atoms. The number of amides is 1. The molecule has 1 amide bonds. The lowest BCUT2D eigenvalue weighted by molar-refractivity contribution is -0.144. The van der Waals surface area contributed by atoms with E-state index < -0.39 is 42.0 Å². The second kappa shape index (κ2) is 9.59. The number of esters is 1. The highest BCUT2D eigenvalue weighted by molar-refractivity contribution is 5.89. The standard InChI is InChI=1S/C20H18F3NO4/c1-12(15-6-5-14(21)10-16(15)22)24-19(25)11-28-20(26)8-4-13-3-7-18(27-2)17(23)9-13/h3-10,12H,11H2,1-2H3,(H,24,25)/b8-4+/t12-/m1/s1. The van der Waals surface area contributed by atoms with E-state index in [0.29, 0.717) is 11.6 Å². The van der Waals surface area contributed by atoms with Gasteiger partial charge < -0.3 is 14.8 Å². The highest BCUT2D eigenvalue weighted by Gasteiger charge is 2.15. The summed E-state index contributed by atoms with van der Waals surface area (Å²) in [7, 11) is 1.33. The van der Waals surface area contributed by atoms with E-state index in [-0.39, 0.29) is 11.3 Å². The van der Waals surface area contributed by atoms with Crippen molar-refractivity contribution in [1.82, 2.24) is 5.32 Å². The minimum Gasteiger partial charge on any atom is -0.494 e. The van der Waals surface area contributed by atoms with Crippen LogP contribution >= 0.6 is 0 Å². The summed E-state index contributed by atoms with van der Waals surface area (Å²) < 4.78 is 49.7. The lowest BCUT2D eigenvalue weighted by Crippen LogP contribution is -2.31. The molecule has 0 aromatic heterocycles. The Morgan fingerprint density at radius 3 is 2.50 bits per heavy atom. The van der Waals surface area contributed by atoms with Crippen LogP contribution in [0.5, 0.6) is 5.75 Å². The van der Waals surface area contributed by atoms with Crippen molar-refractivity contribution < 1.29 is 32.2 Å². The third-order valence-electron chi connectivity index (χ3n) is 3.74. The number of rotatable bonds is 7. The average Bonchev–Trinajstić information content (AvgIpc) is 2.64. The summed E-state index contributed by atoms with van der Waals surface area (Å²) in [5.74, 6) is -3.50. The van der Waals surface area contributed by atoms with Gasteiger partial charge in [0, 0.05) is 17.7 Å². The van der Waals surface area contributed by atoms with Crippen LogP contribution in [0.2, 0.25) is 0 Å². The highest BCUT2D eigenvalue weighted by Crippen LogP contribution is 2.19. The Kier molecular flexibility index (Phi) is 7.20. The fourth-order valence-electron chi connectivity index (χ4n) is 2.35. The van der Waals surface area contributed by atoms with Gasteiger partial charge in [-0.05, 0) is 36.8 Å². The van der Waals surface area contributed by atoms with Gasteiger partial charge >= 0.3 is 5.97 Å². The predicted molar refractivity (Wildman–Crippen MR) is 95.9 cm³/mol. The molecule has 8 heteroatoms. The van der Waals surface area contributed by atoms with E-state index >= 15 is 0 Å². The quantitative estimate of drug-likeness (QED) is 0.577. The lowest BCUT2D eigenvalue weighted by atomic mass is 10.1. The SMILES string of the molecule is COc1ccc(/C=C/C(=O)OCC(=O)N[C@H](C)c2ccc(F)cc2F)cc1F. The zero-order valence-corrected chi connectivity index (χ0v) is 15.2. The van der Waals surface area contributed by atoms with E-state index in [2.05, 4.69) is 5.32 Å². The van der Waals surface area contributed by atoms with Crippen molar-refractivity contribution in [2.75, 3.05) is 13.7 Å². The van der Waals surface area contributed by atoms with Gasteiger partial charge in [0.1, 0.15) is 11.6 Å². The van der Waals surface area contributed by atoms with Crippen LogP contribution in [0.4, 0.5) is 13.2 Å². The van der Waals surface area contributed by atoms with E-state index in [4.69, 9.17) is 9.47 Å². The van der Waals surface area contributed by atoms with Gasteiger partial charge in [0.2, 0.25) is 0 Å². The van der Waals surface area contributed by atoms with Crippen molar-refractivity contribution in [3.63, 3.8) is 0 Å². The first-order valence-corrected chi connectivity index (χ1v) is 8.23. The molecule has 0 radical (unpaired) electrons. The molecule has 2 aromatic rings. The minimum atomic E-state index is -0.813. The summed E-state index contributed by atoms with van der Waals surface area (Å²) in [5.41, 5.74) is 0.502. The molecular formula is C20H18F3NO4. The summed E-state index contributed by atoms with van der Waals surface area (Å²) in [6, 6.07) is 6.39. The highest BCUT2D eigenvalue weighted by atomic mass is 19.1. The molecule has 0 spiro atoms. The number of hydrogen-bond donors (Lipinski definition) is 1. The smallest absolute Gasteiger partial charge is 0.331 e. The molecule has 0 bridgehead atoms. The number of methoxy groups -OCH3 is 1. The molecule has 0 fully saturated rings. The average molecular weight is 393 g/mol. The van der Waals surface area contributed by atoms with Crippen molar-refractivity contribution in [2.24, 2.45) is 0 Å². The molecule has 0 unspecified atom stereocenters. The van der Waals surface area contributed by atoms with Gasteiger partial charge in [-0.1, -0.05) is 12.1 Å². The Labute approximate surface area is 159 Å². The molecule has 2 rings (SSSR count). The molecule has 0 heterocycles. The maximum atomic E-state index is 13.7. The second-order valence-corrected chi connectivity index (χ2v) is 5.79. The maximum Gasteiger partial charge on any atom is 0.331 e. The van der Waals surface area contributed by atoms with Gasteiger partial charge in [0.15, 0.2) is 18.2 Å². The van der Waals surface area contributed by atoms with Crippen molar-refractivity contribution in [1.29, 1.82) is 0 Å².